The number of aliphatic carboxylic acids is 1. The second kappa shape index (κ2) is 11.2. The summed E-state index contributed by atoms with van der Waals surface area (Å²) in [5.74, 6) is 4.15. The normalized spacial score (nSPS) is 50.5. The lowest BCUT2D eigenvalue weighted by Gasteiger charge is -2.68. The molecule has 12 unspecified atom stereocenters. The molecular formula is C41H64N2O3. The highest BCUT2D eigenvalue weighted by atomic mass is 16.5. The van der Waals surface area contributed by atoms with Crippen LogP contribution >= 0.6 is 0 Å². The Bertz CT molecular complexity index is 1290. The lowest BCUT2D eigenvalue weighted by atomic mass is 9.37. The van der Waals surface area contributed by atoms with Gasteiger partial charge in [-0.3, -0.25) is 9.69 Å². The minimum absolute atomic E-state index is 0.113. The van der Waals surface area contributed by atoms with Crippen LogP contribution in [0.1, 0.15) is 119 Å². The molecule has 5 nitrogen and oxygen atoms in total. The van der Waals surface area contributed by atoms with Crippen LogP contribution in [-0.4, -0.2) is 59.9 Å². The summed E-state index contributed by atoms with van der Waals surface area (Å²) in [6.45, 7) is 19.3. The number of likely N-dealkylation sites (tertiary alicyclic amines) is 1. The average molecular weight is 633 g/mol. The molecule has 8 aliphatic rings. The van der Waals surface area contributed by atoms with Gasteiger partial charge in [0.05, 0.1) is 12.0 Å². The van der Waals surface area contributed by atoms with Gasteiger partial charge in [0.25, 0.3) is 0 Å². The van der Waals surface area contributed by atoms with Crippen molar-refractivity contribution in [2.75, 3.05) is 26.2 Å². The quantitative estimate of drug-likeness (QED) is 0.283. The van der Waals surface area contributed by atoms with Crippen molar-refractivity contribution in [3.8, 4) is 0 Å². The SMILES string of the molecule is CCOC1CC(C)N(CCNC23CCC[C@@H]2C2CCC4C(C)(CCC5C(C)(C)C(C6=CC7C(C6)C7C(=O)O)=CCC54C)C2CC3)C1. The average Bonchev–Trinajstić information content (AvgIpc) is 3.31. The van der Waals surface area contributed by atoms with Crippen LogP contribution in [0.2, 0.25) is 0 Å². The second-order valence-electron chi connectivity index (χ2n) is 18.8. The van der Waals surface area contributed by atoms with Crippen LogP contribution in [0.5, 0.6) is 0 Å². The number of hydrogen-bond acceptors (Lipinski definition) is 4. The predicted octanol–water partition coefficient (Wildman–Crippen LogP) is 8.11. The van der Waals surface area contributed by atoms with Gasteiger partial charge >= 0.3 is 5.97 Å². The summed E-state index contributed by atoms with van der Waals surface area (Å²) in [4.78, 5) is 14.3. The molecule has 2 N–H and O–H groups in total. The van der Waals surface area contributed by atoms with Crippen LogP contribution in [0, 0.1) is 63.6 Å². The van der Waals surface area contributed by atoms with Crippen molar-refractivity contribution in [1.82, 2.24) is 10.2 Å². The molecular weight excluding hydrogens is 568 g/mol. The summed E-state index contributed by atoms with van der Waals surface area (Å²) < 4.78 is 5.99. The Morgan fingerprint density at radius 2 is 1.83 bits per heavy atom. The fourth-order valence-corrected chi connectivity index (χ4v) is 14.8. The zero-order valence-corrected chi connectivity index (χ0v) is 30.0. The molecule has 0 aromatic rings. The Morgan fingerprint density at radius 3 is 2.57 bits per heavy atom. The largest absolute Gasteiger partial charge is 0.481 e. The van der Waals surface area contributed by atoms with Gasteiger partial charge in [0.15, 0.2) is 0 Å². The number of carbonyl (C=O) groups is 1. The molecule has 5 saturated carbocycles. The molecule has 7 aliphatic carbocycles. The van der Waals surface area contributed by atoms with Crippen molar-refractivity contribution in [2.24, 2.45) is 63.6 Å². The fraction of sp³-hybridized carbons (Fsp3) is 0.878. The molecule has 6 fully saturated rings. The number of ether oxygens (including phenoxy) is 1. The van der Waals surface area contributed by atoms with Crippen molar-refractivity contribution in [2.45, 2.75) is 136 Å². The molecule has 0 spiro atoms. The van der Waals surface area contributed by atoms with Crippen LogP contribution in [-0.2, 0) is 9.53 Å². The molecule has 0 aromatic carbocycles. The van der Waals surface area contributed by atoms with Crippen molar-refractivity contribution in [1.29, 1.82) is 0 Å². The van der Waals surface area contributed by atoms with E-state index in [1.807, 2.05) is 0 Å². The molecule has 1 aliphatic heterocycles. The van der Waals surface area contributed by atoms with Gasteiger partial charge in [-0.15, -0.1) is 0 Å². The van der Waals surface area contributed by atoms with Crippen LogP contribution in [0.15, 0.2) is 23.3 Å². The van der Waals surface area contributed by atoms with E-state index in [0.717, 1.165) is 56.3 Å². The van der Waals surface area contributed by atoms with Gasteiger partial charge in [-0.25, -0.2) is 0 Å². The summed E-state index contributed by atoms with van der Waals surface area (Å²) in [5.41, 5.74) is 4.46. The van der Waals surface area contributed by atoms with E-state index in [1.54, 1.807) is 5.57 Å². The summed E-state index contributed by atoms with van der Waals surface area (Å²) >= 11 is 0. The zero-order chi connectivity index (χ0) is 32.2. The van der Waals surface area contributed by atoms with E-state index in [4.69, 9.17) is 4.74 Å². The third kappa shape index (κ3) is 4.66. The van der Waals surface area contributed by atoms with Gasteiger partial charge in [-0.2, -0.15) is 0 Å². The lowest BCUT2D eigenvalue weighted by Crippen LogP contribution is -2.64. The maximum atomic E-state index is 11.6. The summed E-state index contributed by atoms with van der Waals surface area (Å²) in [7, 11) is 0. The molecule has 0 bridgehead atoms. The predicted molar refractivity (Wildman–Crippen MR) is 184 cm³/mol. The number of nitrogens with zero attached hydrogens (tertiary/aromatic N) is 1. The van der Waals surface area contributed by atoms with Gasteiger partial charge in [0, 0.05) is 37.8 Å². The van der Waals surface area contributed by atoms with Gasteiger partial charge in [-0.05, 0) is 153 Å². The first-order valence-electron chi connectivity index (χ1n) is 19.7. The first-order chi connectivity index (χ1) is 21.9. The number of rotatable bonds is 8. The molecule has 5 heteroatoms. The minimum atomic E-state index is -0.585. The Morgan fingerprint density at radius 1 is 1.00 bits per heavy atom. The fourth-order valence-electron chi connectivity index (χ4n) is 14.8. The topological polar surface area (TPSA) is 61.8 Å². The van der Waals surface area contributed by atoms with Crippen molar-refractivity contribution in [3.05, 3.63) is 23.3 Å². The van der Waals surface area contributed by atoms with Gasteiger partial charge in [0.2, 0.25) is 0 Å². The highest BCUT2D eigenvalue weighted by molar-refractivity contribution is 5.76. The highest BCUT2D eigenvalue weighted by Crippen LogP contribution is 2.73. The standard InChI is InChI=1S/C41H64N2O3/c1-7-46-27-21-25(2)43(24-27)20-19-42-41-15-8-9-33(41)28-10-11-35-39(5,32(28)13-18-41)17-14-34-38(3,4)31(12-16-40(34,35)6)26-22-29-30(23-26)36(29)37(44)45/h12,22,25,27-30,32-36,42H,7-11,13-21,23-24H2,1-6H3,(H,44,45)/t25?,27?,28?,29?,30?,32?,33-,34?,35?,36?,39?,40?,41?/m1/s1. The smallest absolute Gasteiger partial charge is 0.307 e. The Balaban J connectivity index is 0.966. The zero-order valence-electron chi connectivity index (χ0n) is 30.0. The number of carboxylic acids is 1. The first-order valence-corrected chi connectivity index (χ1v) is 19.7. The summed E-state index contributed by atoms with van der Waals surface area (Å²) in [5, 5.41) is 13.9. The van der Waals surface area contributed by atoms with E-state index < -0.39 is 5.97 Å². The summed E-state index contributed by atoms with van der Waals surface area (Å²) in [6.07, 6.45) is 21.6. The van der Waals surface area contributed by atoms with Gasteiger partial charge in [-0.1, -0.05) is 46.3 Å². The monoisotopic (exact) mass is 632 g/mol. The molecule has 1 saturated heterocycles. The number of allylic oxidation sites excluding steroid dienone is 4. The number of carboxylic acid groups (broad SMARTS) is 1. The van der Waals surface area contributed by atoms with Crippen LogP contribution in [0.25, 0.3) is 0 Å². The van der Waals surface area contributed by atoms with E-state index in [-0.39, 0.29) is 11.3 Å². The van der Waals surface area contributed by atoms with Gasteiger partial charge in [0.1, 0.15) is 0 Å². The Labute approximate surface area is 279 Å². The number of hydrogen-bond donors (Lipinski definition) is 2. The highest BCUT2D eigenvalue weighted by Gasteiger charge is 2.66. The maximum Gasteiger partial charge on any atom is 0.307 e. The van der Waals surface area contributed by atoms with Crippen LogP contribution in [0.3, 0.4) is 0 Å². The van der Waals surface area contributed by atoms with Crippen LogP contribution < -0.4 is 5.32 Å². The van der Waals surface area contributed by atoms with E-state index >= 15 is 0 Å². The molecule has 8 rings (SSSR count). The van der Waals surface area contributed by atoms with Crippen molar-refractivity contribution < 1.29 is 14.6 Å². The third-order valence-electron chi connectivity index (χ3n) is 16.7. The Hall–Kier alpha value is -1.17. The molecule has 0 aromatic heterocycles. The third-order valence-corrected chi connectivity index (χ3v) is 16.7. The maximum absolute atomic E-state index is 11.6. The minimum Gasteiger partial charge on any atom is -0.481 e. The molecule has 0 radical (unpaired) electrons. The molecule has 13 atom stereocenters. The van der Waals surface area contributed by atoms with Gasteiger partial charge < -0.3 is 15.2 Å². The molecule has 256 valence electrons. The van der Waals surface area contributed by atoms with Crippen LogP contribution in [0.4, 0.5) is 0 Å². The molecule has 0 amide bonds. The number of fused-ring (bicyclic) bond motifs is 8. The van der Waals surface area contributed by atoms with Crippen molar-refractivity contribution in [3.63, 3.8) is 0 Å². The summed E-state index contributed by atoms with van der Waals surface area (Å²) in [6, 6.07) is 0.637. The first kappa shape index (κ1) is 32.1. The second-order valence-corrected chi connectivity index (χ2v) is 18.8. The lowest BCUT2D eigenvalue weighted by molar-refractivity contribution is -0.175. The van der Waals surface area contributed by atoms with E-state index in [0.29, 0.717) is 46.3 Å². The molecule has 46 heavy (non-hydrogen) atoms. The Kier molecular flexibility index (Phi) is 7.79. The molecule has 1 heterocycles. The van der Waals surface area contributed by atoms with Crippen molar-refractivity contribution >= 4 is 5.97 Å². The van der Waals surface area contributed by atoms with E-state index in [9.17, 15) is 9.90 Å². The number of nitrogens with one attached hydrogen (secondary N) is 1. The van der Waals surface area contributed by atoms with E-state index in [1.165, 1.54) is 76.2 Å². The van der Waals surface area contributed by atoms with E-state index in [2.05, 4.69) is 63.9 Å².